The predicted molar refractivity (Wildman–Crippen MR) is 81.6 cm³/mol. The minimum Gasteiger partial charge on any atom is -0.399 e. The Kier molecular flexibility index (Phi) is 4.92. The first-order chi connectivity index (χ1) is 9.90. The molecule has 0 aliphatic carbocycles. The highest BCUT2D eigenvalue weighted by Gasteiger charge is 2.21. The maximum atomic E-state index is 13.9. The third kappa shape index (κ3) is 3.99. The molecule has 0 atom stereocenters. The number of halogens is 2. The fraction of sp³-hybridized carbons (Fsp3) is 0.154. The lowest BCUT2D eigenvalue weighted by Crippen LogP contribution is -2.27. The molecule has 0 bridgehead atoms. The summed E-state index contributed by atoms with van der Waals surface area (Å²) in [5.41, 5.74) is 6.45. The van der Waals surface area contributed by atoms with Crippen LogP contribution in [0.25, 0.3) is 0 Å². The van der Waals surface area contributed by atoms with E-state index in [0.29, 0.717) is 6.42 Å². The molecular weight excluding hydrogens is 361 g/mol. The minimum atomic E-state index is -3.97. The second kappa shape index (κ2) is 6.50. The fourth-order valence-electron chi connectivity index (χ4n) is 1.72. The van der Waals surface area contributed by atoms with Crippen LogP contribution in [-0.4, -0.2) is 19.9 Å². The highest BCUT2D eigenvalue weighted by molar-refractivity contribution is 9.10. The number of nitrogens with one attached hydrogen (secondary N) is 1. The van der Waals surface area contributed by atoms with Crippen LogP contribution in [0.5, 0.6) is 0 Å². The van der Waals surface area contributed by atoms with Crippen LogP contribution in [0, 0.1) is 5.82 Å². The van der Waals surface area contributed by atoms with Gasteiger partial charge < -0.3 is 5.73 Å². The van der Waals surface area contributed by atoms with E-state index < -0.39 is 20.7 Å². The van der Waals surface area contributed by atoms with Gasteiger partial charge in [-0.2, -0.15) is 0 Å². The summed E-state index contributed by atoms with van der Waals surface area (Å²) in [7, 11) is -3.97. The van der Waals surface area contributed by atoms with Crippen molar-refractivity contribution in [3.8, 4) is 0 Å². The number of hydrogen-bond donors (Lipinski definition) is 2. The van der Waals surface area contributed by atoms with E-state index >= 15 is 0 Å². The Labute approximate surface area is 130 Å². The summed E-state index contributed by atoms with van der Waals surface area (Å²) < 4.78 is 40.4. The summed E-state index contributed by atoms with van der Waals surface area (Å²) in [6.45, 7) is 0.116. The van der Waals surface area contributed by atoms with E-state index in [4.69, 9.17) is 5.73 Å². The first kappa shape index (κ1) is 15.9. The summed E-state index contributed by atoms with van der Waals surface area (Å²) in [5.74, 6) is -0.866. The van der Waals surface area contributed by atoms with Crippen molar-refractivity contribution in [3.05, 3.63) is 52.5 Å². The van der Waals surface area contributed by atoms with Crippen molar-refractivity contribution in [2.45, 2.75) is 11.3 Å². The van der Waals surface area contributed by atoms with Crippen molar-refractivity contribution >= 4 is 31.6 Å². The molecule has 2 aromatic rings. The number of nitrogen functional groups attached to an aromatic ring is 1. The highest BCUT2D eigenvalue weighted by Crippen LogP contribution is 2.25. The summed E-state index contributed by atoms with van der Waals surface area (Å²) in [5, 5.41) is 0. The van der Waals surface area contributed by atoms with Gasteiger partial charge in [-0.15, -0.1) is 0 Å². The largest absolute Gasteiger partial charge is 0.399 e. The molecule has 3 N–H and O–H groups in total. The Morgan fingerprint density at radius 2 is 2.10 bits per heavy atom. The van der Waals surface area contributed by atoms with E-state index in [1.807, 2.05) is 6.07 Å². The molecule has 0 aliphatic rings. The number of anilines is 1. The second-order valence-corrected chi connectivity index (χ2v) is 6.87. The van der Waals surface area contributed by atoms with Crippen LogP contribution < -0.4 is 10.5 Å². The molecule has 2 rings (SSSR count). The van der Waals surface area contributed by atoms with Crippen LogP contribution in [0.1, 0.15) is 5.69 Å². The van der Waals surface area contributed by atoms with Gasteiger partial charge in [0, 0.05) is 30.5 Å². The molecule has 21 heavy (non-hydrogen) atoms. The van der Waals surface area contributed by atoms with Crippen LogP contribution in [0.3, 0.4) is 0 Å². The van der Waals surface area contributed by atoms with Gasteiger partial charge in [-0.25, -0.2) is 17.5 Å². The molecule has 8 heteroatoms. The molecular formula is C13H13BrFN3O2S. The number of nitrogens with zero attached hydrogens (tertiary/aromatic N) is 1. The van der Waals surface area contributed by atoms with Gasteiger partial charge in [0.25, 0.3) is 0 Å². The molecule has 0 radical (unpaired) electrons. The van der Waals surface area contributed by atoms with Crippen molar-refractivity contribution in [3.63, 3.8) is 0 Å². The number of aromatic nitrogens is 1. The van der Waals surface area contributed by atoms with E-state index in [2.05, 4.69) is 25.6 Å². The Bertz CT molecular complexity index is 739. The second-order valence-electron chi connectivity index (χ2n) is 4.28. The smallest absolute Gasteiger partial charge is 0.243 e. The van der Waals surface area contributed by atoms with Crippen molar-refractivity contribution < 1.29 is 12.8 Å². The average Bonchev–Trinajstić information content (AvgIpc) is 2.43. The lowest BCUT2D eigenvalue weighted by Gasteiger charge is -2.09. The summed E-state index contributed by atoms with van der Waals surface area (Å²) in [6, 6.07) is 7.76. The van der Waals surface area contributed by atoms with Crippen LogP contribution >= 0.6 is 15.9 Å². The van der Waals surface area contributed by atoms with Crippen LogP contribution in [-0.2, 0) is 16.4 Å². The number of pyridine rings is 1. The SMILES string of the molecule is Nc1cc(Br)c(F)c(S(=O)(=O)NCCc2ccccn2)c1. The summed E-state index contributed by atoms with van der Waals surface area (Å²) in [4.78, 5) is 3.60. The van der Waals surface area contributed by atoms with Crippen molar-refractivity contribution in [1.82, 2.24) is 9.71 Å². The summed E-state index contributed by atoms with van der Waals surface area (Å²) in [6.07, 6.45) is 2.03. The predicted octanol–water partition coefficient (Wildman–Crippen LogP) is 2.09. The first-order valence-corrected chi connectivity index (χ1v) is 8.32. The van der Waals surface area contributed by atoms with E-state index in [-0.39, 0.29) is 16.7 Å². The number of hydrogen-bond acceptors (Lipinski definition) is 4. The molecule has 0 aliphatic heterocycles. The number of sulfonamides is 1. The zero-order valence-electron chi connectivity index (χ0n) is 10.9. The highest BCUT2D eigenvalue weighted by atomic mass is 79.9. The van der Waals surface area contributed by atoms with E-state index in [1.54, 1.807) is 18.3 Å². The van der Waals surface area contributed by atoms with E-state index in [9.17, 15) is 12.8 Å². The quantitative estimate of drug-likeness (QED) is 0.785. The van der Waals surface area contributed by atoms with E-state index in [1.165, 1.54) is 6.07 Å². The number of benzene rings is 1. The molecule has 0 saturated carbocycles. The lowest BCUT2D eigenvalue weighted by atomic mass is 10.3. The summed E-state index contributed by atoms with van der Waals surface area (Å²) >= 11 is 2.94. The monoisotopic (exact) mass is 373 g/mol. The van der Waals surface area contributed by atoms with Gasteiger partial charge in [-0.3, -0.25) is 4.98 Å². The standard InChI is InChI=1S/C13H13BrFN3O2S/c14-11-7-9(16)8-12(13(11)15)21(19,20)18-6-4-10-3-1-2-5-17-10/h1-3,5,7-8,18H,4,6,16H2. The lowest BCUT2D eigenvalue weighted by molar-refractivity contribution is 0.554. The molecule has 1 aromatic carbocycles. The molecule has 1 heterocycles. The molecule has 112 valence electrons. The minimum absolute atomic E-state index is 0.00704. The first-order valence-electron chi connectivity index (χ1n) is 6.04. The Balaban J connectivity index is 2.12. The van der Waals surface area contributed by atoms with Crippen molar-refractivity contribution in [1.29, 1.82) is 0 Å². The third-order valence-electron chi connectivity index (χ3n) is 2.71. The molecule has 0 amide bonds. The average molecular weight is 374 g/mol. The Hall–Kier alpha value is -1.51. The van der Waals surface area contributed by atoms with Gasteiger partial charge in [0.2, 0.25) is 10.0 Å². The normalized spacial score (nSPS) is 11.5. The van der Waals surface area contributed by atoms with Crippen molar-refractivity contribution in [2.24, 2.45) is 0 Å². The van der Waals surface area contributed by atoms with Gasteiger partial charge in [0.1, 0.15) is 4.90 Å². The number of nitrogens with two attached hydrogens (primary N) is 1. The maximum absolute atomic E-state index is 13.9. The number of rotatable bonds is 5. The maximum Gasteiger partial charge on any atom is 0.243 e. The van der Waals surface area contributed by atoms with Gasteiger partial charge >= 0.3 is 0 Å². The van der Waals surface area contributed by atoms with Crippen LogP contribution in [0.15, 0.2) is 45.9 Å². The van der Waals surface area contributed by atoms with Gasteiger partial charge in [-0.05, 0) is 40.2 Å². The van der Waals surface area contributed by atoms with Crippen LogP contribution in [0.2, 0.25) is 0 Å². The van der Waals surface area contributed by atoms with E-state index in [0.717, 1.165) is 11.8 Å². The molecule has 5 nitrogen and oxygen atoms in total. The molecule has 0 spiro atoms. The Morgan fingerprint density at radius 3 is 2.76 bits per heavy atom. The van der Waals surface area contributed by atoms with Crippen LogP contribution in [0.4, 0.5) is 10.1 Å². The zero-order valence-corrected chi connectivity index (χ0v) is 13.3. The molecule has 1 aromatic heterocycles. The van der Waals surface area contributed by atoms with Gasteiger partial charge in [0.15, 0.2) is 5.82 Å². The fourth-order valence-corrected chi connectivity index (χ4v) is 3.49. The van der Waals surface area contributed by atoms with Gasteiger partial charge in [-0.1, -0.05) is 6.07 Å². The molecule has 0 saturated heterocycles. The third-order valence-corrected chi connectivity index (χ3v) is 4.74. The van der Waals surface area contributed by atoms with Crippen molar-refractivity contribution in [2.75, 3.05) is 12.3 Å². The topological polar surface area (TPSA) is 85.1 Å². The Morgan fingerprint density at radius 1 is 1.33 bits per heavy atom. The molecule has 0 unspecified atom stereocenters. The zero-order chi connectivity index (χ0) is 15.5. The molecule has 0 fully saturated rings. The van der Waals surface area contributed by atoms with Gasteiger partial charge in [0.05, 0.1) is 4.47 Å².